The van der Waals surface area contributed by atoms with Gasteiger partial charge in [0.05, 0.1) is 19.6 Å². The molecule has 0 aliphatic carbocycles. The largest absolute Gasteiger partial charge is 0.505 e. The summed E-state index contributed by atoms with van der Waals surface area (Å²) in [6.07, 6.45) is 1.54. The molecule has 0 fully saturated rings. The lowest BCUT2D eigenvalue weighted by atomic mass is 9.97. The first-order valence-electron chi connectivity index (χ1n) is 10.2. The third kappa shape index (κ3) is 5.91. The predicted octanol–water partition coefficient (Wildman–Crippen LogP) is 3.03. The molecule has 2 amide bonds. The summed E-state index contributed by atoms with van der Waals surface area (Å²) in [6, 6.07) is 14.4. The van der Waals surface area contributed by atoms with E-state index < -0.39 is 23.6 Å². The molecule has 33 heavy (non-hydrogen) atoms. The average molecular weight is 451 g/mol. The smallest absolute Gasteiger partial charge is 0.319 e. The number of hydrogen-bond acceptors (Lipinski definition) is 5. The van der Waals surface area contributed by atoms with Crippen LogP contribution in [0.15, 0.2) is 65.6 Å². The van der Waals surface area contributed by atoms with E-state index in [1.54, 1.807) is 19.2 Å². The second-order valence-corrected chi connectivity index (χ2v) is 7.47. The van der Waals surface area contributed by atoms with Gasteiger partial charge < -0.3 is 30.2 Å². The summed E-state index contributed by atoms with van der Waals surface area (Å²) in [4.78, 5) is 36.2. The Labute approximate surface area is 190 Å². The van der Waals surface area contributed by atoms with Crippen LogP contribution in [0.1, 0.15) is 29.2 Å². The highest BCUT2D eigenvalue weighted by Gasteiger charge is 2.20. The zero-order chi connectivity index (χ0) is 24.0. The maximum Gasteiger partial charge on any atom is 0.319 e. The molecule has 0 aliphatic heterocycles. The molecule has 0 bridgehead atoms. The summed E-state index contributed by atoms with van der Waals surface area (Å²) >= 11 is 0. The van der Waals surface area contributed by atoms with Gasteiger partial charge in [-0.2, -0.15) is 0 Å². The van der Waals surface area contributed by atoms with Crippen LogP contribution in [0.2, 0.25) is 0 Å². The van der Waals surface area contributed by atoms with E-state index in [2.05, 4.69) is 10.6 Å². The van der Waals surface area contributed by atoms with Gasteiger partial charge in [0.1, 0.15) is 11.5 Å². The summed E-state index contributed by atoms with van der Waals surface area (Å²) in [5.74, 6) is -0.748. The molecule has 9 nitrogen and oxygen atoms in total. The molecule has 9 heteroatoms. The van der Waals surface area contributed by atoms with Crippen LogP contribution in [0, 0.1) is 0 Å². The minimum atomic E-state index is -1.10. The lowest BCUT2D eigenvalue weighted by Crippen LogP contribution is -2.36. The summed E-state index contributed by atoms with van der Waals surface area (Å²) in [7, 11) is 3.07. The number of aromatic nitrogens is 1. The number of carboxylic acid groups (broad SMARTS) is 1. The quantitative estimate of drug-likeness (QED) is 0.417. The Morgan fingerprint density at radius 3 is 2.61 bits per heavy atom. The minimum Gasteiger partial charge on any atom is -0.505 e. The Bertz CT molecular complexity index is 1220. The molecule has 0 spiro atoms. The van der Waals surface area contributed by atoms with Crippen molar-refractivity contribution in [1.82, 2.24) is 9.88 Å². The number of anilines is 1. The average Bonchev–Trinajstić information content (AvgIpc) is 2.79. The van der Waals surface area contributed by atoms with E-state index >= 15 is 0 Å². The molecular formula is C24H25N3O6. The number of aliphatic carboxylic acids is 1. The van der Waals surface area contributed by atoms with E-state index in [9.17, 15) is 24.6 Å². The third-order valence-electron chi connectivity index (χ3n) is 5.11. The van der Waals surface area contributed by atoms with Crippen molar-refractivity contribution in [2.45, 2.75) is 18.9 Å². The Hall–Kier alpha value is -4.27. The molecule has 1 heterocycles. The molecule has 1 aromatic heterocycles. The second-order valence-electron chi connectivity index (χ2n) is 7.47. The number of carbonyl (C=O) groups is 2. The Balaban J connectivity index is 1.82. The van der Waals surface area contributed by atoms with Crippen molar-refractivity contribution in [3.05, 3.63) is 87.8 Å². The third-order valence-corrected chi connectivity index (χ3v) is 5.11. The maximum absolute atomic E-state index is 12.6. The van der Waals surface area contributed by atoms with Crippen LogP contribution >= 0.6 is 0 Å². The normalized spacial score (nSPS) is 11.5. The summed E-state index contributed by atoms with van der Waals surface area (Å²) in [5.41, 5.74) is 1.57. The molecule has 0 aliphatic rings. The van der Waals surface area contributed by atoms with Crippen molar-refractivity contribution >= 4 is 17.7 Å². The van der Waals surface area contributed by atoms with E-state index in [1.165, 1.54) is 23.9 Å². The maximum atomic E-state index is 12.6. The standard InChI is InChI=1S/C24H25N3O6/c1-27-11-10-19(28)22(23(27)31)26-24(32)25-18(14-21(29)30)16-8-5-6-15(12-16)13-17-7-3-4-9-20(17)33-2/h3-12,18,28H,13-14H2,1-2H3,(H,29,30)(H2,25,26,32)/t18-/m0/s1. The number of carbonyl (C=O) groups excluding carboxylic acids is 1. The van der Waals surface area contributed by atoms with Crippen molar-refractivity contribution in [3.8, 4) is 11.5 Å². The van der Waals surface area contributed by atoms with Crippen LogP contribution in [-0.2, 0) is 18.3 Å². The molecule has 0 saturated carbocycles. The van der Waals surface area contributed by atoms with Crippen LogP contribution in [0.4, 0.5) is 10.5 Å². The minimum absolute atomic E-state index is 0.295. The molecule has 3 aromatic rings. The van der Waals surface area contributed by atoms with Crippen molar-refractivity contribution in [2.24, 2.45) is 7.05 Å². The van der Waals surface area contributed by atoms with Crippen molar-refractivity contribution in [1.29, 1.82) is 0 Å². The van der Waals surface area contributed by atoms with E-state index in [0.29, 0.717) is 12.0 Å². The monoisotopic (exact) mass is 451 g/mol. The number of aryl methyl sites for hydroxylation is 1. The van der Waals surface area contributed by atoms with Crippen LogP contribution in [0.25, 0.3) is 0 Å². The summed E-state index contributed by atoms with van der Waals surface area (Å²) < 4.78 is 6.59. The zero-order valence-corrected chi connectivity index (χ0v) is 18.2. The number of nitrogens with zero attached hydrogens (tertiary/aromatic N) is 1. The van der Waals surface area contributed by atoms with Gasteiger partial charge in [0, 0.05) is 19.7 Å². The number of carboxylic acids is 1. The number of amides is 2. The van der Waals surface area contributed by atoms with Gasteiger partial charge in [-0.1, -0.05) is 42.5 Å². The number of methoxy groups -OCH3 is 1. The number of urea groups is 1. The zero-order valence-electron chi connectivity index (χ0n) is 18.2. The van der Waals surface area contributed by atoms with E-state index in [4.69, 9.17) is 4.74 Å². The molecule has 0 radical (unpaired) electrons. The fourth-order valence-corrected chi connectivity index (χ4v) is 3.46. The van der Waals surface area contributed by atoms with Crippen molar-refractivity contribution in [3.63, 3.8) is 0 Å². The van der Waals surface area contributed by atoms with Gasteiger partial charge in [0.25, 0.3) is 5.56 Å². The van der Waals surface area contributed by atoms with Gasteiger partial charge >= 0.3 is 12.0 Å². The van der Waals surface area contributed by atoms with Gasteiger partial charge in [0.15, 0.2) is 5.69 Å². The molecule has 172 valence electrons. The topological polar surface area (TPSA) is 130 Å². The molecule has 2 aromatic carbocycles. The van der Waals surface area contributed by atoms with Crippen LogP contribution in [0.3, 0.4) is 0 Å². The first-order chi connectivity index (χ1) is 15.8. The van der Waals surface area contributed by atoms with Gasteiger partial charge in [-0.3, -0.25) is 9.59 Å². The summed E-state index contributed by atoms with van der Waals surface area (Å²) in [6.45, 7) is 0. The van der Waals surface area contributed by atoms with Crippen molar-refractivity contribution < 1.29 is 24.5 Å². The van der Waals surface area contributed by atoms with Gasteiger partial charge in [0.2, 0.25) is 0 Å². The number of aromatic hydroxyl groups is 1. The lowest BCUT2D eigenvalue weighted by Gasteiger charge is -2.19. The van der Waals surface area contributed by atoms with Gasteiger partial charge in [-0.05, 0) is 28.8 Å². The molecule has 1 atom stereocenters. The molecule has 4 N–H and O–H groups in total. The van der Waals surface area contributed by atoms with Gasteiger partial charge in [-0.25, -0.2) is 4.79 Å². The summed E-state index contributed by atoms with van der Waals surface area (Å²) in [5, 5.41) is 24.2. The second kappa shape index (κ2) is 10.4. The number of hydrogen-bond donors (Lipinski definition) is 4. The fraction of sp³-hybridized carbons (Fsp3) is 0.208. The highest BCUT2D eigenvalue weighted by Crippen LogP contribution is 2.24. The molecule has 0 unspecified atom stereocenters. The van der Waals surface area contributed by atoms with E-state index in [1.807, 2.05) is 36.4 Å². The van der Waals surface area contributed by atoms with Crippen molar-refractivity contribution in [2.75, 3.05) is 12.4 Å². The highest BCUT2D eigenvalue weighted by molar-refractivity contribution is 5.91. The van der Waals surface area contributed by atoms with Crippen LogP contribution in [0.5, 0.6) is 11.5 Å². The molecular weight excluding hydrogens is 426 g/mol. The number of para-hydroxylation sites is 1. The van der Waals surface area contributed by atoms with Crippen LogP contribution in [-0.4, -0.2) is 33.9 Å². The fourth-order valence-electron chi connectivity index (χ4n) is 3.46. The Kier molecular flexibility index (Phi) is 7.34. The van der Waals surface area contributed by atoms with Gasteiger partial charge in [-0.15, -0.1) is 0 Å². The highest BCUT2D eigenvalue weighted by atomic mass is 16.5. The van der Waals surface area contributed by atoms with Crippen LogP contribution < -0.4 is 20.9 Å². The Morgan fingerprint density at radius 1 is 1.12 bits per heavy atom. The number of pyridine rings is 1. The number of ether oxygens (including phenoxy) is 1. The Morgan fingerprint density at radius 2 is 1.88 bits per heavy atom. The number of benzene rings is 2. The number of rotatable bonds is 8. The first-order valence-corrected chi connectivity index (χ1v) is 10.2. The molecule has 0 saturated heterocycles. The van der Waals surface area contributed by atoms with E-state index in [-0.39, 0.29) is 17.9 Å². The molecule has 3 rings (SSSR count). The lowest BCUT2D eigenvalue weighted by molar-refractivity contribution is -0.137. The van der Waals surface area contributed by atoms with E-state index in [0.717, 1.165) is 16.9 Å². The SMILES string of the molecule is COc1ccccc1Cc1cccc([C@H](CC(=O)O)NC(=O)Nc2c(O)ccn(C)c2=O)c1. The number of nitrogens with one attached hydrogen (secondary N) is 2. The first kappa shape index (κ1) is 23.4. The predicted molar refractivity (Wildman–Crippen MR) is 123 cm³/mol.